The van der Waals surface area contributed by atoms with Crippen molar-refractivity contribution in [2.45, 2.75) is 51.6 Å². The summed E-state index contributed by atoms with van der Waals surface area (Å²) in [5.74, 6) is 0.836. The van der Waals surface area contributed by atoms with Crippen LogP contribution in [-0.4, -0.2) is 67.3 Å². The average Bonchev–Trinajstić information content (AvgIpc) is 3.25. The zero-order valence-corrected chi connectivity index (χ0v) is 22.6. The topological polar surface area (TPSA) is 75.0 Å². The number of piperidine rings is 1. The van der Waals surface area contributed by atoms with Crippen LogP contribution in [0.2, 0.25) is 0 Å². The maximum absolute atomic E-state index is 14.9. The zero-order valence-electron chi connectivity index (χ0n) is 22.6. The third-order valence-electron chi connectivity index (χ3n) is 7.97. The molecule has 1 aromatic carbocycles. The number of nitrogens with one attached hydrogen (secondary N) is 1. The Morgan fingerprint density at radius 1 is 1.03 bits per heavy atom. The van der Waals surface area contributed by atoms with Gasteiger partial charge >= 0.3 is 0 Å². The van der Waals surface area contributed by atoms with Gasteiger partial charge in [0.1, 0.15) is 11.5 Å². The van der Waals surface area contributed by atoms with Crippen molar-refractivity contribution in [3.05, 3.63) is 59.3 Å². The third-order valence-corrected chi connectivity index (χ3v) is 7.97. The molecule has 4 aromatic rings. The van der Waals surface area contributed by atoms with Gasteiger partial charge in [-0.15, -0.1) is 0 Å². The number of hydrogen-bond acceptors (Lipinski definition) is 7. The van der Waals surface area contributed by atoms with Gasteiger partial charge < -0.3 is 10.2 Å². The van der Waals surface area contributed by atoms with Gasteiger partial charge in [-0.1, -0.05) is 26.0 Å². The second-order valence-electron chi connectivity index (χ2n) is 11.0. The number of aryl methyl sites for hydroxylation is 1. The van der Waals surface area contributed by atoms with E-state index in [-0.39, 0.29) is 5.69 Å². The summed E-state index contributed by atoms with van der Waals surface area (Å²) in [5, 5.41) is 8.82. The van der Waals surface area contributed by atoms with Crippen molar-refractivity contribution >= 4 is 22.7 Å². The Morgan fingerprint density at radius 2 is 1.84 bits per heavy atom. The lowest BCUT2D eigenvalue weighted by atomic mass is 9.98. The monoisotopic (exact) mass is 514 g/mol. The van der Waals surface area contributed by atoms with E-state index in [1.165, 1.54) is 37.7 Å². The van der Waals surface area contributed by atoms with E-state index in [4.69, 9.17) is 4.98 Å². The molecule has 3 aromatic heterocycles. The van der Waals surface area contributed by atoms with Crippen molar-refractivity contribution in [2.24, 2.45) is 7.05 Å². The fourth-order valence-corrected chi connectivity index (χ4v) is 5.97. The molecule has 0 aliphatic carbocycles. The summed E-state index contributed by atoms with van der Waals surface area (Å²) in [4.78, 5) is 18.6. The standard InChI is InChI=1S/C29H35FN8/c1-18(2)28-22-15-19(5-7-25(22)35-37(28)4)27-23(30)16-31-29(34-27)33-26-8-6-20-17-38(14-11-24(20)32-26)21-9-12-36(3)13-10-21/h5-8,15-16,18,21H,9-14,17H2,1-4H3,(H,31,32,33,34). The largest absolute Gasteiger partial charge is 0.309 e. The number of rotatable bonds is 5. The molecular formula is C29H35FN8. The Kier molecular flexibility index (Phi) is 6.57. The first-order valence-corrected chi connectivity index (χ1v) is 13.5. The summed E-state index contributed by atoms with van der Waals surface area (Å²) < 4.78 is 16.8. The molecular weight excluding hydrogens is 479 g/mol. The van der Waals surface area contributed by atoms with Crippen LogP contribution in [0.25, 0.3) is 22.2 Å². The highest BCUT2D eigenvalue weighted by molar-refractivity contribution is 5.86. The minimum absolute atomic E-state index is 0.259. The number of aromatic nitrogens is 5. The molecule has 38 heavy (non-hydrogen) atoms. The predicted molar refractivity (Wildman–Crippen MR) is 148 cm³/mol. The molecule has 6 rings (SSSR count). The number of fused-ring (bicyclic) bond motifs is 2. The minimum atomic E-state index is -0.461. The van der Waals surface area contributed by atoms with Crippen LogP contribution in [0.3, 0.4) is 0 Å². The molecule has 9 heteroatoms. The number of halogens is 1. The first-order chi connectivity index (χ1) is 18.4. The Balaban J connectivity index is 1.22. The van der Waals surface area contributed by atoms with Gasteiger partial charge in [0.25, 0.3) is 0 Å². The number of pyridine rings is 1. The Morgan fingerprint density at radius 3 is 2.63 bits per heavy atom. The number of anilines is 2. The molecule has 198 valence electrons. The van der Waals surface area contributed by atoms with Crippen molar-refractivity contribution in [3.8, 4) is 11.3 Å². The molecule has 0 amide bonds. The summed E-state index contributed by atoms with van der Waals surface area (Å²) in [7, 11) is 4.15. The highest BCUT2D eigenvalue weighted by Crippen LogP contribution is 2.31. The van der Waals surface area contributed by atoms with Crippen LogP contribution in [0.1, 0.15) is 49.6 Å². The lowest BCUT2D eigenvalue weighted by molar-refractivity contribution is 0.109. The van der Waals surface area contributed by atoms with Gasteiger partial charge in [0.15, 0.2) is 5.82 Å². The molecule has 8 nitrogen and oxygen atoms in total. The highest BCUT2D eigenvalue weighted by Gasteiger charge is 2.27. The molecule has 0 spiro atoms. The van der Waals surface area contributed by atoms with Crippen LogP contribution in [0.4, 0.5) is 16.2 Å². The van der Waals surface area contributed by atoms with E-state index in [2.05, 4.69) is 57.1 Å². The summed E-state index contributed by atoms with van der Waals surface area (Å²) >= 11 is 0. The number of likely N-dealkylation sites (tertiary alicyclic amines) is 1. The van der Waals surface area contributed by atoms with Crippen molar-refractivity contribution in [2.75, 3.05) is 32.0 Å². The number of nitrogens with zero attached hydrogens (tertiary/aromatic N) is 7. The lowest BCUT2D eigenvalue weighted by Crippen LogP contribution is -2.45. The van der Waals surface area contributed by atoms with E-state index < -0.39 is 5.82 Å². The Labute approximate surface area is 222 Å². The first kappa shape index (κ1) is 24.9. The molecule has 0 unspecified atom stereocenters. The fourth-order valence-electron chi connectivity index (χ4n) is 5.97. The SMILES string of the molecule is CC(C)c1c2cc(-c3nc(Nc4ccc5c(n4)CCN(C4CCN(C)CC4)C5)ncc3F)ccc2nn1C. The van der Waals surface area contributed by atoms with Crippen LogP contribution in [0.5, 0.6) is 0 Å². The Bertz CT molecular complexity index is 1470. The quantitative estimate of drug-likeness (QED) is 0.407. The second-order valence-corrected chi connectivity index (χ2v) is 11.0. The van der Waals surface area contributed by atoms with Gasteiger partial charge in [0, 0.05) is 54.9 Å². The smallest absolute Gasteiger partial charge is 0.229 e. The van der Waals surface area contributed by atoms with Gasteiger partial charge in [-0.2, -0.15) is 5.10 Å². The van der Waals surface area contributed by atoms with Crippen LogP contribution >= 0.6 is 0 Å². The number of hydrogen-bond donors (Lipinski definition) is 1. The number of benzene rings is 1. The van der Waals surface area contributed by atoms with Crippen molar-refractivity contribution in [3.63, 3.8) is 0 Å². The minimum Gasteiger partial charge on any atom is -0.309 e. The van der Waals surface area contributed by atoms with E-state index in [1.54, 1.807) is 0 Å². The van der Waals surface area contributed by atoms with Gasteiger partial charge in [-0.3, -0.25) is 9.58 Å². The predicted octanol–water partition coefficient (Wildman–Crippen LogP) is 4.88. The van der Waals surface area contributed by atoms with Gasteiger partial charge in [-0.25, -0.2) is 19.3 Å². The third kappa shape index (κ3) is 4.76. The molecule has 0 atom stereocenters. The van der Waals surface area contributed by atoms with Crippen LogP contribution in [-0.2, 0) is 20.0 Å². The van der Waals surface area contributed by atoms with Gasteiger partial charge in [0.2, 0.25) is 5.95 Å². The molecule has 2 aliphatic rings. The molecule has 2 aliphatic heterocycles. The second kappa shape index (κ2) is 10.0. The van der Waals surface area contributed by atoms with E-state index >= 15 is 0 Å². The zero-order chi connectivity index (χ0) is 26.4. The van der Waals surface area contributed by atoms with Crippen molar-refractivity contribution in [1.82, 2.24) is 34.5 Å². The molecule has 0 radical (unpaired) electrons. The van der Waals surface area contributed by atoms with Crippen LogP contribution < -0.4 is 5.32 Å². The van der Waals surface area contributed by atoms with Crippen LogP contribution in [0, 0.1) is 5.82 Å². The molecule has 5 heterocycles. The first-order valence-electron chi connectivity index (χ1n) is 13.5. The summed E-state index contributed by atoms with van der Waals surface area (Å²) in [6.45, 7) is 8.59. The molecule has 1 fully saturated rings. The van der Waals surface area contributed by atoms with E-state index in [9.17, 15) is 4.39 Å². The van der Waals surface area contributed by atoms with Crippen LogP contribution in [0.15, 0.2) is 36.5 Å². The average molecular weight is 515 g/mol. The van der Waals surface area contributed by atoms with E-state index in [0.29, 0.717) is 29.3 Å². The maximum atomic E-state index is 14.9. The maximum Gasteiger partial charge on any atom is 0.229 e. The molecule has 0 saturated carbocycles. The lowest BCUT2D eigenvalue weighted by Gasteiger charge is -2.39. The fraction of sp³-hybridized carbons (Fsp3) is 0.448. The molecule has 0 bridgehead atoms. The highest BCUT2D eigenvalue weighted by atomic mass is 19.1. The van der Waals surface area contributed by atoms with E-state index in [1.807, 2.05) is 36.0 Å². The van der Waals surface area contributed by atoms with Gasteiger partial charge in [-0.05, 0) is 62.7 Å². The summed E-state index contributed by atoms with van der Waals surface area (Å²) in [6.07, 6.45) is 4.61. The Hall–Kier alpha value is -3.43. The summed E-state index contributed by atoms with van der Waals surface area (Å²) in [6, 6.07) is 10.5. The molecule has 1 N–H and O–H groups in total. The van der Waals surface area contributed by atoms with E-state index in [0.717, 1.165) is 41.8 Å². The normalized spacial score (nSPS) is 17.3. The van der Waals surface area contributed by atoms with Gasteiger partial charge in [0.05, 0.1) is 11.7 Å². The summed E-state index contributed by atoms with van der Waals surface area (Å²) in [5.41, 5.74) is 5.36. The molecule has 1 saturated heterocycles. The van der Waals surface area contributed by atoms with Crippen molar-refractivity contribution in [1.29, 1.82) is 0 Å². The van der Waals surface area contributed by atoms with Crippen molar-refractivity contribution < 1.29 is 4.39 Å².